The van der Waals surface area contributed by atoms with Crippen LogP contribution in [-0.2, 0) is 20.0 Å². The standard InChI is InChI=1S/C17H19N5OS2/c1-22-10-9-18-17(22)25-20-8-7-15-21-14(12-24-15)16(23)19-11-13-5-3-2-4-6-13/h2-6,9-10,12,20H,7-8,11H2,1H3,(H,19,23). The third-order valence-corrected chi connectivity index (χ3v) is 5.29. The van der Waals surface area contributed by atoms with Gasteiger partial charge in [0.25, 0.3) is 5.91 Å². The van der Waals surface area contributed by atoms with Crippen molar-refractivity contribution in [2.24, 2.45) is 7.05 Å². The average Bonchev–Trinajstić information content (AvgIpc) is 3.27. The van der Waals surface area contributed by atoms with E-state index in [-0.39, 0.29) is 5.91 Å². The summed E-state index contributed by atoms with van der Waals surface area (Å²) in [6, 6.07) is 9.84. The molecule has 0 aliphatic rings. The summed E-state index contributed by atoms with van der Waals surface area (Å²) in [6.45, 7) is 1.27. The number of thiazole rings is 1. The molecule has 0 aliphatic carbocycles. The van der Waals surface area contributed by atoms with Gasteiger partial charge in [-0.2, -0.15) is 0 Å². The molecule has 0 saturated heterocycles. The van der Waals surface area contributed by atoms with Gasteiger partial charge < -0.3 is 9.88 Å². The van der Waals surface area contributed by atoms with Crippen LogP contribution in [-0.4, -0.2) is 27.0 Å². The Kier molecular flexibility index (Phi) is 6.21. The summed E-state index contributed by atoms with van der Waals surface area (Å²) < 4.78 is 5.22. The Bertz CT molecular complexity index is 815. The Hall–Kier alpha value is -2.16. The van der Waals surface area contributed by atoms with Gasteiger partial charge in [0.15, 0.2) is 5.16 Å². The number of imidazole rings is 1. The number of amides is 1. The van der Waals surface area contributed by atoms with Crippen LogP contribution in [0.5, 0.6) is 0 Å². The molecule has 0 radical (unpaired) electrons. The van der Waals surface area contributed by atoms with Gasteiger partial charge in [-0.1, -0.05) is 30.3 Å². The van der Waals surface area contributed by atoms with Crippen molar-refractivity contribution in [3.63, 3.8) is 0 Å². The predicted molar refractivity (Wildman–Crippen MR) is 100 cm³/mol. The Morgan fingerprint density at radius 1 is 1.32 bits per heavy atom. The van der Waals surface area contributed by atoms with Crippen LogP contribution in [0.2, 0.25) is 0 Å². The van der Waals surface area contributed by atoms with Crippen LogP contribution >= 0.6 is 23.3 Å². The van der Waals surface area contributed by atoms with Gasteiger partial charge in [-0.3, -0.25) is 9.52 Å². The topological polar surface area (TPSA) is 71.8 Å². The average molecular weight is 374 g/mol. The summed E-state index contributed by atoms with van der Waals surface area (Å²) in [4.78, 5) is 20.8. The smallest absolute Gasteiger partial charge is 0.271 e. The zero-order chi connectivity index (χ0) is 17.5. The van der Waals surface area contributed by atoms with Crippen molar-refractivity contribution in [2.75, 3.05) is 6.54 Å². The van der Waals surface area contributed by atoms with Crippen LogP contribution in [0, 0.1) is 0 Å². The number of hydrogen-bond donors (Lipinski definition) is 2. The number of nitrogens with zero attached hydrogens (tertiary/aromatic N) is 3. The predicted octanol–water partition coefficient (Wildman–Crippen LogP) is 2.65. The summed E-state index contributed by atoms with van der Waals surface area (Å²) >= 11 is 3.00. The van der Waals surface area contributed by atoms with Crippen molar-refractivity contribution in [3.05, 3.63) is 64.4 Å². The summed E-state index contributed by atoms with van der Waals surface area (Å²) in [5.74, 6) is -0.137. The van der Waals surface area contributed by atoms with Gasteiger partial charge in [-0.15, -0.1) is 11.3 Å². The lowest BCUT2D eigenvalue weighted by atomic mass is 10.2. The quantitative estimate of drug-likeness (QED) is 0.469. The highest BCUT2D eigenvalue weighted by molar-refractivity contribution is 7.97. The molecule has 0 aliphatic heterocycles. The highest BCUT2D eigenvalue weighted by Crippen LogP contribution is 2.13. The Balaban J connectivity index is 1.42. The minimum atomic E-state index is -0.137. The molecule has 0 unspecified atom stereocenters. The van der Waals surface area contributed by atoms with Crippen LogP contribution in [0.4, 0.5) is 0 Å². The molecule has 1 amide bonds. The van der Waals surface area contributed by atoms with E-state index in [0.717, 1.165) is 28.7 Å². The number of carbonyl (C=O) groups excluding carboxylic acids is 1. The number of carbonyl (C=O) groups is 1. The van der Waals surface area contributed by atoms with Crippen LogP contribution in [0.3, 0.4) is 0 Å². The number of nitrogens with one attached hydrogen (secondary N) is 2. The summed E-state index contributed by atoms with van der Waals surface area (Å²) in [6.07, 6.45) is 4.45. The molecule has 6 nitrogen and oxygen atoms in total. The molecule has 2 N–H and O–H groups in total. The molecule has 3 aromatic rings. The zero-order valence-corrected chi connectivity index (χ0v) is 15.4. The van der Waals surface area contributed by atoms with E-state index in [1.165, 1.54) is 23.3 Å². The first-order valence-corrected chi connectivity index (χ1v) is 9.55. The molecule has 8 heteroatoms. The van der Waals surface area contributed by atoms with E-state index in [4.69, 9.17) is 0 Å². The molecule has 3 rings (SSSR count). The molecule has 0 fully saturated rings. The first kappa shape index (κ1) is 17.7. The maximum Gasteiger partial charge on any atom is 0.271 e. The third-order valence-electron chi connectivity index (χ3n) is 3.46. The van der Waals surface area contributed by atoms with Gasteiger partial charge >= 0.3 is 0 Å². The van der Waals surface area contributed by atoms with E-state index in [0.29, 0.717) is 12.2 Å². The first-order chi connectivity index (χ1) is 12.2. The van der Waals surface area contributed by atoms with Crippen molar-refractivity contribution in [2.45, 2.75) is 18.1 Å². The van der Waals surface area contributed by atoms with Gasteiger partial charge in [-0.05, 0) is 17.5 Å². The number of benzene rings is 1. The van der Waals surface area contributed by atoms with Crippen molar-refractivity contribution in [3.8, 4) is 0 Å². The molecule has 130 valence electrons. The molecule has 0 spiro atoms. The highest BCUT2D eigenvalue weighted by atomic mass is 32.2. The Labute approximate surface area is 154 Å². The second-order valence-corrected chi connectivity index (χ2v) is 7.16. The van der Waals surface area contributed by atoms with Crippen molar-refractivity contribution < 1.29 is 4.79 Å². The van der Waals surface area contributed by atoms with E-state index >= 15 is 0 Å². The second kappa shape index (κ2) is 8.80. The molecule has 2 aromatic heterocycles. The Morgan fingerprint density at radius 2 is 2.16 bits per heavy atom. The highest BCUT2D eigenvalue weighted by Gasteiger charge is 2.10. The SMILES string of the molecule is Cn1ccnc1SNCCc1nc(C(=O)NCc2ccccc2)cs1. The Morgan fingerprint density at radius 3 is 2.92 bits per heavy atom. The van der Waals surface area contributed by atoms with Gasteiger partial charge in [0.05, 0.1) is 5.01 Å². The molecule has 1 aromatic carbocycles. The van der Waals surface area contributed by atoms with E-state index in [2.05, 4.69) is 20.0 Å². The molecule has 0 atom stereocenters. The second-order valence-electron chi connectivity index (χ2n) is 5.36. The maximum atomic E-state index is 12.2. The molecular formula is C17H19N5OS2. The molecule has 0 saturated carbocycles. The zero-order valence-electron chi connectivity index (χ0n) is 13.8. The van der Waals surface area contributed by atoms with Gasteiger partial charge in [-0.25, -0.2) is 9.97 Å². The maximum absolute atomic E-state index is 12.2. The monoisotopic (exact) mass is 373 g/mol. The van der Waals surface area contributed by atoms with Crippen molar-refractivity contribution in [1.29, 1.82) is 0 Å². The van der Waals surface area contributed by atoms with E-state index in [1.807, 2.05) is 53.5 Å². The molecular weight excluding hydrogens is 354 g/mol. The fraction of sp³-hybridized carbons (Fsp3) is 0.235. The molecule has 2 heterocycles. The van der Waals surface area contributed by atoms with Crippen LogP contribution in [0.1, 0.15) is 21.1 Å². The lowest BCUT2D eigenvalue weighted by Gasteiger charge is -2.03. The van der Waals surface area contributed by atoms with E-state index in [1.54, 1.807) is 6.20 Å². The van der Waals surface area contributed by atoms with E-state index in [9.17, 15) is 4.79 Å². The fourth-order valence-corrected chi connectivity index (χ4v) is 3.55. The third kappa shape index (κ3) is 5.15. The number of aromatic nitrogens is 3. The number of aryl methyl sites for hydroxylation is 1. The summed E-state index contributed by atoms with van der Waals surface area (Å²) in [7, 11) is 1.96. The lowest BCUT2D eigenvalue weighted by molar-refractivity contribution is 0.0946. The fourth-order valence-electron chi connectivity index (χ4n) is 2.12. The number of hydrogen-bond acceptors (Lipinski definition) is 6. The molecule has 0 bridgehead atoms. The largest absolute Gasteiger partial charge is 0.347 e. The van der Waals surface area contributed by atoms with Gasteiger partial charge in [0, 0.05) is 44.3 Å². The van der Waals surface area contributed by atoms with Gasteiger partial charge in [0.1, 0.15) is 5.69 Å². The number of rotatable bonds is 8. The first-order valence-electron chi connectivity index (χ1n) is 7.86. The van der Waals surface area contributed by atoms with E-state index < -0.39 is 0 Å². The van der Waals surface area contributed by atoms with Crippen LogP contribution < -0.4 is 10.0 Å². The van der Waals surface area contributed by atoms with Crippen molar-refractivity contribution in [1.82, 2.24) is 24.6 Å². The molecule has 25 heavy (non-hydrogen) atoms. The van der Waals surface area contributed by atoms with Crippen LogP contribution in [0.15, 0.2) is 53.3 Å². The van der Waals surface area contributed by atoms with Gasteiger partial charge in [0.2, 0.25) is 0 Å². The minimum Gasteiger partial charge on any atom is -0.347 e. The minimum absolute atomic E-state index is 0.137. The van der Waals surface area contributed by atoms with Crippen molar-refractivity contribution >= 4 is 29.2 Å². The lowest BCUT2D eigenvalue weighted by Crippen LogP contribution is -2.23. The van der Waals surface area contributed by atoms with Crippen LogP contribution in [0.25, 0.3) is 0 Å². The summed E-state index contributed by atoms with van der Waals surface area (Å²) in [5.41, 5.74) is 1.55. The summed E-state index contributed by atoms with van der Waals surface area (Å²) in [5, 5.41) is 6.56. The normalized spacial score (nSPS) is 10.8.